The number of aryl methyl sites for hydroxylation is 1. The van der Waals surface area contributed by atoms with Crippen molar-refractivity contribution in [2.45, 2.75) is 45.8 Å². The predicted molar refractivity (Wildman–Crippen MR) is 69.6 cm³/mol. The molecular formula is C13H24N4. The Hall–Kier alpha value is -0.870. The molecule has 2 rings (SSSR count). The van der Waals surface area contributed by atoms with Gasteiger partial charge < -0.3 is 10.3 Å². The van der Waals surface area contributed by atoms with Crippen LogP contribution in [0.1, 0.15) is 32.5 Å². The number of nitrogens with two attached hydrogens (primary N) is 1. The number of aromatic nitrogens is 2. The number of nitrogens with zero attached hydrogens (tertiary/aromatic N) is 3. The van der Waals surface area contributed by atoms with Gasteiger partial charge in [-0.15, -0.1) is 0 Å². The highest BCUT2D eigenvalue weighted by molar-refractivity contribution is 4.94. The van der Waals surface area contributed by atoms with E-state index in [0.717, 1.165) is 32.1 Å². The molecule has 0 saturated carbocycles. The molecule has 0 spiro atoms. The fourth-order valence-corrected chi connectivity index (χ4v) is 2.71. The molecule has 17 heavy (non-hydrogen) atoms. The van der Waals surface area contributed by atoms with Crippen LogP contribution in [0.2, 0.25) is 0 Å². The second-order valence-corrected chi connectivity index (χ2v) is 5.12. The van der Waals surface area contributed by atoms with Gasteiger partial charge in [-0.2, -0.15) is 0 Å². The maximum Gasteiger partial charge on any atom is 0.122 e. The fraction of sp³-hybridized carbons (Fsp3) is 0.769. The zero-order valence-corrected chi connectivity index (χ0v) is 11.0. The molecule has 1 aliphatic rings. The van der Waals surface area contributed by atoms with Crippen LogP contribution in [-0.4, -0.2) is 33.6 Å². The lowest BCUT2D eigenvalue weighted by molar-refractivity contribution is 0.111. The van der Waals surface area contributed by atoms with Gasteiger partial charge in [-0.3, -0.25) is 4.90 Å². The van der Waals surface area contributed by atoms with E-state index in [2.05, 4.69) is 34.5 Å². The molecule has 1 saturated heterocycles. The minimum atomic E-state index is 0.528. The summed E-state index contributed by atoms with van der Waals surface area (Å²) in [6.07, 6.45) is 6.45. The molecule has 2 unspecified atom stereocenters. The van der Waals surface area contributed by atoms with Gasteiger partial charge in [-0.1, -0.05) is 6.92 Å². The molecule has 4 nitrogen and oxygen atoms in total. The first-order valence-electron chi connectivity index (χ1n) is 6.68. The van der Waals surface area contributed by atoms with Crippen molar-refractivity contribution >= 4 is 0 Å². The van der Waals surface area contributed by atoms with E-state index in [1.54, 1.807) is 0 Å². The van der Waals surface area contributed by atoms with Gasteiger partial charge in [0.1, 0.15) is 5.82 Å². The Morgan fingerprint density at radius 3 is 3.06 bits per heavy atom. The van der Waals surface area contributed by atoms with Crippen LogP contribution in [0, 0.1) is 5.92 Å². The van der Waals surface area contributed by atoms with Crippen molar-refractivity contribution in [2.24, 2.45) is 11.7 Å². The Morgan fingerprint density at radius 1 is 1.53 bits per heavy atom. The Bertz CT molecular complexity index is 347. The topological polar surface area (TPSA) is 47.1 Å². The standard InChI is InChI=1S/C13H24N4/c1-3-16-7-5-15-13(16)10-17-6-4-11(2)8-12(17)9-14/h5,7,11-12H,3-4,6,8-10,14H2,1-2H3. The Labute approximate surface area is 104 Å². The van der Waals surface area contributed by atoms with Crippen molar-refractivity contribution in [1.29, 1.82) is 0 Å². The zero-order chi connectivity index (χ0) is 12.3. The number of imidazole rings is 1. The Balaban J connectivity index is 2.02. The first kappa shape index (κ1) is 12.6. The largest absolute Gasteiger partial charge is 0.334 e. The zero-order valence-electron chi connectivity index (χ0n) is 11.0. The summed E-state index contributed by atoms with van der Waals surface area (Å²) in [5.74, 6) is 1.98. The van der Waals surface area contributed by atoms with Crippen molar-refractivity contribution in [3.05, 3.63) is 18.2 Å². The monoisotopic (exact) mass is 236 g/mol. The molecule has 0 radical (unpaired) electrons. The van der Waals surface area contributed by atoms with Gasteiger partial charge in [-0.05, 0) is 32.2 Å². The summed E-state index contributed by atoms with van der Waals surface area (Å²) in [5, 5.41) is 0. The smallest absolute Gasteiger partial charge is 0.122 e. The van der Waals surface area contributed by atoms with Crippen LogP contribution in [0.3, 0.4) is 0 Å². The van der Waals surface area contributed by atoms with Gasteiger partial charge >= 0.3 is 0 Å². The number of rotatable bonds is 4. The van der Waals surface area contributed by atoms with E-state index in [1.165, 1.54) is 18.7 Å². The summed E-state index contributed by atoms with van der Waals surface area (Å²) in [5.41, 5.74) is 5.89. The van der Waals surface area contributed by atoms with Gasteiger partial charge in [0.15, 0.2) is 0 Å². The lowest BCUT2D eigenvalue weighted by Crippen LogP contribution is -2.46. The highest BCUT2D eigenvalue weighted by Gasteiger charge is 2.25. The molecule has 2 N–H and O–H groups in total. The minimum absolute atomic E-state index is 0.528. The van der Waals surface area contributed by atoms with Crippen molar-refractivity contribution in [3.63, 3.8) is 0 Å². The average Bonchev–Trinajstić information content (AvgIpc) is 2.78. The predicted octanol–water partition coefficient (Wildman–Crippen LogP) is 1.46. The van der Waals surface area contributed by atoms with E-state index in [1.807, 2.05) is 6.20 Å². The van der Waals surface area contributed by atoms with Crippen molar-refractivity contribution in [2.75, 3.05) is 13.1 Å². The van der Waals surface area contributed by atoms with Crippen LogP contribution in [0.5, 0.6) is 0 Å². The van der Waals surface area contributed by atoms with Crippen molar-refractivity contribution in [3.8, 4) is 0 Å². The lowest BCUT2D eigenvalue weighted by Gasteiger charge is -2.37. The first-order chi connectivity index (χ1) is 8.24. The molecular weight excluding hydrogens is 212 g/mol. The molecule has 1 aromatic heterocycles. The van der Waals surface area contributed by atoms with Gasteiger partial charge in [0.05, 0.1) is 6.54 Å². The van der Waals surface area contributed by atoms with Crippen molar-refractivity contribution in [1.82, 2.24) is 14.5 Å². The summed E-state index contributed by atoms with van der Waals surface area (Å²) >= 11 is 0. The van der Waals surface area contributed by atoms with E-state index < -0.39 is 0 Å². The molecule has 1 aliphatic heterocycles. The SMILES string of the molecule is CCn1ccnc1CN1CCC(C)CC1CN. The Kier molecular flexibility index (Phi) is 4.18. The first-order valence-corrected chi connectivity index (χ1v) is 6.68. The maximum absolute atomic E-state index is 5.89. The molecule has 0 amide bonds. The van der Waals surface area contributed by atoms with Gasteiger partial charge in [0.2, 0.25) is 0 Å². The van der Waals surface area contributed by atoms with E-state index >= 15 is 0 Å². The molecule has 4 heteroatoms. The van der Waals surface area contributed by atoms with Crippen LogP contribution in [-0.2, 0) is 13.1 Å². The number of hydrogen-bond acceptors (Lipinski definition) is 3. The summed E-state index contributed by atoms with van der Waals surface area (Å²) in [6.45, 7) is 8.33. The molecule has 1 aromatic rings. The molecule has 0 bridgehead atoms. The maximum atomic E-state index is 5.89. The molecule has 0 aliphatic carbocycles. The summed E-state index contributed by atoms with van der Waals surface area (Å²) in [7, 11) is 0. The van der Waals surface area contributed by atoms with E-state index in [-0.39, 0.29) is 0 Å². The van der Waals surface area contributed by atoms with Gasteiger partial charge in [0.25, 0.3) is 0 Å². The van der Waals surface area contributed by atoms with E-state index in [9.17, 15) is 0 Å². The fourth-order valence-electron chi connectivity index (χ4n) is 2.71. The number of likely N-dealkylation sites (tertiary alicyclic amines) is 1. The van der Waals surface area contributed by atoms with Crippen LogP contribution in [0.15, 0.2) is 12.4 Å². The highest BCUT2D eigenvalue weighted by atomic mass is 15.2. The molecule has 96 valence electrons. The summed E-state index contributed by atoms with van der Waals surface area (Å²) in [4.78, 5) is 6.94. The third-order valence-corrected chi connectivity index (χ3v) is 3.86. The lowest BCUT2D eigenvalue weighted by atomic mass is 9.92. The number of hydrogen-bond donors (Lipinski definition) is 1. The highest BCUT2D eigenvalue weighted by Crippen LogP contribution is 2.23. The normalized spacial score (nSPS) is 26.3. The van der Waals surface area contributed by atoms with Gasteiger partial charge in [-0.25, -0.2) is 4.98 Å². The molecule has 0 aromatic carbocycles. The summed E-state index contributed by atoms with van der Waals surface area (Å²) < 4.78 is 2.21. The molecule has 1 fully saturated rings. The second-order valence-electron chi connectivity index (χ2n) is 5.12. The number of piperidine rings is 1. The third kappa shape index (κ3) is 2.87. The molecule has 2 heterocycles. The van der Waals surface area contributed by atoms with Crippen molar-refractivity contribution < 1.29 is 0 Å². The molecule has 2 atom stereocenters. The van der Waals surface area contributed by atoms with Gasteiger partial charge in [0, 0.05) is 31.5 Å². The third-order valence-electron chi connectivity index (χ3n) is 3.86. The van der Waals surface area contributed by atoms with Crippen LogP contribution in [0.4, 0.5) is 0 Å². The quantitative estimate of drug-likeness (QED) is 0.861. The average molecular weight is 236 g/mol. The Morgan fingerprint density at radius 2 is 2.35 bits per heavy atom. The van der Waals surface area contributed by atoms with Crippen LogP contribution >= 0.6 is 0 Å². The minimum Gasteiger partial charge on any atom is -0.334 e. The van der Waals surface area contributed by atoms with E-state index in [4.69, 9.17) is 5.73 Å². The summed E-state index contributed by atoms with van der Waals surface area (Å²) in [6, 6.07) is 0.528. The van der Waals surface area contributed by atoms with E-state index in [0.29, 0.717) is 6.04 Å². The van der Waals surface area contributed by atoms with Crippen LogP contribution < -0.4 is 5.73 Å². The second kappa shape index (κ2) is 5.65. The van der Waals surface area contributed by atoms with Crippen LogP contribution in [0.25, 0.3) is 0 Å².